The van der Waals surface area contributed by atoms with Gasteiger partial charge in [0.15, 0.2) is 17.1 Å². The molecule has 0 fully saturated rings. The summed E-state index contributed by atoms with van der Waals surface area (Å²) < 4.78 is 3.45. The number of aliphatic imine (C=N–C) groups is 1. The van der Waals surface area contributed by atoms with E-state index in [0.29, 0.717) is 0 Å². The number of carbonyl (C=O) groups is 1. The van der Waals surface area contributed by atoms with Crippen LogP contribution in [0.5, 0.6) is 0 Å². The van der Waals surface area contributed by atoms with Crippen LogP contribution in [0.3, 0.4) is 0 Å². The molecule has 20 heavy (non-hydrogen) atoms. The SMILES string of the molecule is Cn1c(=O)c2c(ncn2CC(=O)N=C(N)N)n(C)c1=O. The largest absolute Gasteiger partial charge is 0.370 e. The predicted octanol–water partition coefficient (Wildman–Crippen LogP) is -2.77. The standard InChI is InChI=1S/C10H13N7O3/c1-15-7-6(8(19)16(2)10(15)20)17(4-13-7)3-5(18)14-9(11)12/h4H,3H2,1-2H3,(H4,11,12,14,18). The van der Waals surface area contributed by atoms with Gasteiger partial charge in [0.2, 0.25) is 0 Å². The molecular formula is C10H13N7O3. The first-order valence-electron chi connectivity index (χ1n) is 5.56. The van der Waals surface area contributed by atoms with Crippen molar-refractivity contribution < 1.29 is 4.79 Å². The van der Waals surface area contributed by atoms with Gasteiger partial charge in [-0.1, -0.05) is 0 Å². The molecule has 0 radical (unpaired) electrons. The van der Waals surface area contributed by atoms with Gasteiger partial charge in [0, 0.05) is 14.1 Å². The Morgan fingerprint density at radius 3 is 2.55 bits per heavy atom. The second-order valence-corrected chi connectivity index (χ2v) is 4.18. The number of amides is 1. The van der Waals surface area contributed by atoms with Crippen LogP contribution in [-0.4, -0.2) is 30.6 Å². The minimum Gasteiger partial charge on any atom is -0.370 e. The first-order chi connectivity index (χ1) is 9.32. The molecular weight excluding hydrogens is 266 g/mol. The normalized spacial score (nSPS) is 10.7. The third kappa shape index (κ3) is 2.06. The quantitative estimate of drug-likeness (QED) is 0.450. The number of carbonyl (C=O) groups excluding carboxylic acids is 1. The Kier molecular flexibility index (Phi) is 3.14. The lowest BCUT2D eigenvalue weighted by Crippen LogP contribution is -2.37. The molecule has 0 unspecified atom stereocenters. The molecule has 106 valence electrons. The summed E-state index contributed by atoms with van der Waals surface area (Å²) in [5.74, 6) is -0.986. The van der Waals surface area contributed by atoms with E-state index in [4.69, 9.17) is 11.5 Å². The molecule has 0 saturated carbocycles. The number of hydrogen-bond acceptors (Lipinski definition) is 4. The second-order valence-electron chi connectivity index (χ2n) is 4.18. The van der Waals surface area contributed by atoms with Gasteiger partial charge in [-0.3, -0.25) is 18.7 Å². The van der Waals surface area contributed by atoms with E-state index in [1.54, 1.807) is 0 Å². The van der Waals surface area contributed by atoms with Crippen molar-refractivity contribution in [3.8, 4) is 0 Å². The number of nitrogens with two attached hydrogens (primary N) is 2. The second kappa shape index (κ2) is 4.64. The molecule has 0 atom stereocenters. The van der Waals surface area contributed by atoms with Gasteiger partial charge in [0.05, 0.1) is 6.33 Å². The van der Waals surface area contributed by atoms with E-state index in [9.17, 15) is 14.4 Å². The zero-order chi connectivity index (χ0) is 15.0. The van der Waals surface area contributed by atoms with Gasteiger partial charge in [-0.15, -0.1) is 0 Å². The maximum Gasteiger partial charge on any atom is 0.332 e. The minimum absolute atomic E-state index is 0.133. The molecule has 0 bridgehead atoms. The zero-order valence-electron chi connectivity index (χ0n) is 10.9. The van der Waals surface area contributed by atoms with Gasteiger partial charge in [-0.2, -0.15) is 4.99 Å². The third-order valence-corrected chi connectivity index (χ3v) is 2.78. The molecule has 2 heterocycles. The highest BCUT2D eigenvalue weighted by molar-refractivity contribution is 5.91. The number of guanidine groups is 1. The number of imidazole rings is 1. The molecule has 1 amide bonds. The van der Waals surface area contributed by atoms with Crippen LogP contribution in [-0.2, 0) is 25.4 Å². The van der Waals surface area contributed by atoms with Crippen molar-refractivity contribution in [2.24, 2.45) is 30.6 Å². The van der Waals surface area contributed by atoms with Crippen LogP contribution < -0.4 is 22.7 Å². The number of fused-ring (bicyclic) bond motifs is 1. The fourth-order valence-corrected chi connectivity index (χ4v) is 1.84. The van der Waals surface area contributed by atoms with Crippen molar-refractivity contribution in [3.63, 3.8) is 0 Å². The fraction of sp³-hybridized carbons (Fsp3) is 0.300. The average molecular weight is 279 g/mol. The van der Waals surface area contributed by atoms with E-state index in [1.165, 1.54) is 29.6 Å². The summed E-state index contributed by atoms with van der Waals surface area (Å²) in [6, 6.07) is 0. The average Bonchev–Trinajstić information content (AvgIpc) is 2.76. The van der Waals surface area contributed by atoms with Crippen LogP contribution in [0.25, 0.3) is 11.2 Å². The Morgan fingerprint density at radius 2 is 1.95 bits per heavy atom. The fourth-order valence-electron chi connectivity index (χ4n) is 1.84. The summed E-state index contributed by atoms with van der Waals surface area (Å²) in [6.45, 7) is -0.248. The summed E-state index contributed by atoms with van der Waals surface area (Å²) in [6.07, 6.45) is 1.28. The van der Waals surface area contributed by atoms with Gasteiger partial charge in [-0.25, -0.2) is 9.78 Å². The first kappa shape index (κ1) is 13.5. The molecule has 2 rings (SSSR count). The van der Waals surface area contributed by atoms with Crippen molar-refractivity contribution >= 4 is 23.0 Å². The Hall–Kier alpha value is -2.91. The minimum atomic E-state index is -0.625. The molecule has 2 aromatic rings. The Balaban J connectivity index is 2.64. The Morgan fingerprint density at radius 1 is 1.30 bits per heavy atom. The third-order valence-electron chi connectivity index (χ3n) is 2.78. The van der Waals surface area contributed by atoms with Crippen molar-refractivity contribution in [3.05, 3.63) is 27.2 Å². The van der Waals surface area contributed by atoms with Gasteiger partial charge >= 0.3 is 5.69 Å². The summed E-state index contributed by atoms with van der Waals surface area (Å²) in [7, 11) is 2.83. The lowest BCUT2D eigenvalue weighted by atomic mass is 10.4. The maximum atomic E-state index is 12.1. The highest BCUT2D eigenvalue weighted by Crippen LogP contribution is 2.05. The van der Waals surface area contributed by atoms with Crippen LogP contribution in [0.2, 0.25) is 0 Å². The summed E-state index contributed by atoms with van der Waals surface area (Å²) in [5.41, 5.74) is 9.49. The van der Waals surface area contributed by atoms with E-state index in [2.05, 4.69) is 9.98 Å². The summed E-state index contributed by atoms with van der Waals surface area (Å²) in [4.78, 5) is 42.7. The number of hydrogen-bond donors (Lipinski definition) is 2. The number of nitrogens with zero attached hydrogens (tertiary/aromatic N) is 5. The van der Waals surface area contributed by atoms with Crippen LogP contribution in [0.1, 0.15) is 0 Å². The summed E-state index contributed by atoms with van der Waals surface area (Å²) in [5, 5.41) is 0. The molecule has 0 aliphatic rings. The van der Waals surface area contributed by atoms with Gasteiger partial charge < -0.3 is 16.0 Å². The number of aryl methyl sites for hydroxylation is 1. The van der Waals surface area contributed by atoms with Crippen molar-refractivity contribution in [2.45, 2.75) is 6.54 Å². The van der Waals surface area contributed by atoms with Gasteiger partial charge in [0.25, 0.3) is 11.5 Å². The highest BCUT2D eigenvalue weighted by Gasteiger charge is 2.15. The Bertz CT molecular complexity index is 835. The van der Waals surface area contributed by atoms with Crippen LogP contribution in [0.4, 0.5) is 0 Å². The van der Waals surface area contributed by atoms with Gasteiger partial charge in [-0.05, 0) is 0 Å². The molecule has 0 aromatic carbocycles. The lowest BCUT2D eigenvalue weighted by molar-refractivity contribution is -0.118. The molecule has 10 heteroatoms. The molecule has 0 aliphatic heterocycles. The smallest absolute Gasteiger partial charge is 0.332 e. The van der Waals surface area contributed by atoms with Crippen molar-refractivity contribution in [1.82, 2.24) is 18.7 Å². The molecule has 10 nitrogen and oxygen atoms in total. The molecule has 4 N–H and O–H groups in total. The zero-order valence-corrected chi connectivity index (χ0v) is 10.9. The molecule has 0 spiro atoms. The Labute approximate surface area is 111 Å². The van der Waals surface area contributed by atoms with E-state index in [0.717, 1.165) is 4.57 Å². The molecule has 2 aromatic heterocycles. The topological polar surface area (TPSA) is 143 Å². The molecule has 0 aliphatic carbocycles. The van der Waals surface area contributed by atoms with Crippen LogP contribution in [0, 0.1) is 0 Å². The summed E-state index contributed by atoms with van der Waals surface area (Å²) >= 11 is 0. The monoisotopic (exact) mass is 279 g/mol. The van der Waals surface area contributed by atoms with E-state index in [1.807, 2.05) is 0 Å². The van der Waals surface area contributed by atoms with E-state index < -0.39 is 17.2 Å². The van der Waals surface area contributed by atoms with E-state index >= 15 is 0 Å². The maximum absolute atomic E-state index is 12.1. The van der Waals surface area contributed by atoms with E-state index in [-0.39, 0.29) is 23.7 Å². The van der Waals surface area contributed by atoms with Gasteiger partial charge in [0.1, 0.15) is 6.54 Å². The van der Waals surface area contributed by atoms with Crippen LogP contribution in [0.15, 0.2) is 20.9 Å². The number of rotatable bonds is 2. The van der Waals surface area contributed by atoms with Crippen molar-refractivity contribution in [1.29, 1.82) is 0 Å². The number of aromatic nitrogens is 4. The predicted molar refractivity (Wildman–Crippen MR) is 71.0 cm³/mol. The first-order valence-corrected chi connectivity index (χ1v) is 5.56. The highest BCUT2D eigenvalue weighted by atomic mass is 16.2. The van der Waals surface area contributed by atoms with Crippen LogP contribution >= 0.6 is 0 Å². The van der Waals surface area contributed by atoms with Crippen molar-refractivity contribution in [2.75, 3.05) is 0 Å². The molecule has 0 saturated heterocycles. The lowest BCUT2D eigenvalue weighted by Gasteiger charge is -2.04.